The van der Waals surface area contributed by atoms with Gasteiger partial charge in [-0.05, 0) is 32.4 Å². The third kappa shape index (κ3) is 1.16. The van der Waals surface area contributed by atoms with Crippen LogP contribution in [0.5, 0.6) is 0 Å². The van der Waals surface area contributed by atoms with E-state index in [1.54, 1.807) is 0 Å². The van der Waals surface area contributed by atoms with Gasteiger partial charge in [0.05, 0.1) is 0 Å². The second-order valence-corrected chi connectivity index (χ2v) is 3.74. The van der Waals surface area contributed by atoms with Crippen molar-refractivity contribution in [2.75, 3.05) is 0 Å². The summed E-state index contributed by atoms with van der Waals surface area (Å²) < 4.78 is 5.55. The van der Waals surface area contributed by atoms with Crippen molar-refractivity contribution in [3.8, 4) is 0 Å². The smallest absolute Gasteiger partial charge is 0.161 e. The number of ether oxygens (including phenoxy) is 1. The van der Waals surface area contributed by atoms with Crippen molar-refractivity contribution >= 4 is 0 Å². The summed E-state index contributed by atoms with van der Waals surface area (Å²) >= 11 is 0. The van der Waals surface area contributed by atoms with Crippen molar-refractivity contribution in [2.24, 2.45) is 0 Å². The number of epoxide rings is 1. The Morgan fingerprint density at radius 3 is 2.92 bits per heavy atom. The predicted octanol–water partition coefficient (Wildman–Crippen LogP) is 1.90. The number of hydrogen-bond donors (Lipinski definition) is 0. The molecule has 0 saturated carbocycles. The lowest BCUT2D eigenvalue weighted by molar-refractivity contribution is 0.200. The first kappa shape index (κ1) is 7.87. The van der Waals surface area contributed by atoms with Gasteiger partial charge < -0.3 is 9.64 Å². The molecule has 0 radical (unpaired) electrons. The van der Waals surface area contributed by atoms with Crippen molar-refractivity contribution in [3.05, 3.63) is 23.9 Å². The first-order valence-corrected chi connectivity index (χ1v) is 4.48. The average molecular weight is 165 g/mol. The van der Waals surface area contributed by atoms with Crippen LogP contribution in [0, 0.1) is 0 Å². The molecule has 2 unspecified atom stereocenters. The van der Waals surface area contributed by atoms with Crippen LogP contribution in [-0.2, 0) is 4.74 Å². The standard InChI is InChI=1S/C10H15NO/c1-7(2)11-6-4-5-8(3)9-10(11)12-9/h4-7,9-10H,1-3H3. The molecule has 0 amide bonds. The van der Waals surface area contributed by atoms with Gasteiger partial charge >= 0.3 is 0 Å². The highest BCUT2D eigenvalue weighted by Gasteiger charge is 2.45. The molecule has 0 aromatic carbocycles. The molecular weight excluding hydrogens is 150 g/mol. The average Bonchev–Trinajstić information content (AvgIpc) is 2.73. The van der Waals surface area contributed by atoms with Gasteiger partial charge in [0.1, 0.15) is 6.10 Å². The minimum atomic E-state index is 0.306. The molecule has 12 heavy (non-hydrogen) atoms. The third-order valence-electron chi connectivity index (χ3n) is 2.42. The molecule has 0 aliphatic carbocycles. The van der Waals surface area contributed by atoms with Gasteiger partial charge in [-0.1, -0.05) is 6.08 Å². The van der Waals surface area contributed by atoms with Gasteiger partial charge in [0, 0.05) is 12.2 Å². The second-order valence-electron chi connectivity index (χ2n) is 3.74. The van der Waals surface area contributed by atoms with Crippen LogP contribution in [0.25, 0.3) is 0 Å². The highest BCUT2D eigenvalue weighted by Crippen LogP contribution is 2.34. The van der Waals surface area contributed by atoms with Crippen molar-refractivity contribution in [1.82, 2.24) is 4.90 Å². The zero-order chi connectivity index (χ0) is 8.72. The predicted molar refractivity (Wildman–Crippen MR) is 48.5 cm³/mol. The van der Waals surface area contributed by atoms with Gasteiger partial charge in [-0.3, -0.25) is 0 Å². The minimum Gasteiger partial charge on any atom is -0.348 e. The molecule has 2 nitrogen and oxygen atoms in total. The molecule has 2 aliphatic heterocycles. The Bertz CT molecular complexity index is 242. The number of fused-ring (bicyclic) bond motifs is 1. The molecule has 2 heteroatoms. The molecule has 0 aromatic rings. The van der Waals surface area contributed by atoms with Crippen molar-refractivity contribution in [2.45, 2.75) is 39.1 Å². The molecule has 0 N–H and O–H groups in total. The molecule has 2 atom stereocenters. The molecule has 1 fully saturated rings. The summed E-state index contributed by atoms with van der Waals surface area (Å²) in [5.41, 5.74) is 1.33. The van der Waals surface area contributed by atoms with E-state index < -0.39 is 0 Å². The topological polar surface area (TPSA) is 15.8 Å². The van der Waals surface area contributed by atoms with Crippen LogP contribution in [0.15, 0.2) is 23.9 Å². The Labute approximate surface area is 73.5 Å². The first-order valence-electron chi connectivity index (χ1n) is 4.48. The summed E-state index contributed by atoms with van der Waals surface area (Å²) in [6.07, 6.45) is 7.01. The van der Waals surface area contributed by atoms with E-state index in [1.165, 1.54) is 5.57 Å². The van der Waals surface area contributed by atoms with E-state index in [2.05, 4.69) is 44.0 Å². The second kappa shape index (κ2) is 2.63. The largest absolute Gasteiger partial charge is 0.348 e. The zero-order valence-corrected chi connectivity index (χ0v) is 7.82. The first-order chi connectivity index (χ1) is 5.70. The summed E-state index contributed by atoms with van der Waals surface area (Å²) in [5.74, 6) is 0. The van der Waals surface area contributed by atoms with E-state index in [-0.39, 0.29) is 0 Å². The molecule has 0 aromatic heterocycles. The van der Waals surface area contributed by atoms with Crippen LogP contribution < -0.4 is 0 Å². The van der Waals surface area contributed by atoms with Crippen LogP contribution in [0.4, 0.5) is 0 Å². The molecule has 66 valence electrons. The van der Waals surface area contributed by atoms with Gasteiger partial charge in [-0.25, -0.2) is 0 Å². The summed E-state index contributed by atoms with van der Waals surface area (Å²) in [6, 6.07) is 0.524. The SMILES string of the molecule is CC1=CC=CN(C(C)C)C2OC12. The van der Waals surface area contributed by atoms with E-state index in [0.717, 1.165) is 0 Å². The highest BCUT2D eigenvalue weighted by atomic mass is 16.6. The fourth-order valence-corrected chi connectivity index (χ4v) is 1.60. The van der Waals surface area contributed by atoms with Gasteiger partial charge in [-0.2, -0.15) is 0 Å². The van der Waals surface area contributed by atoms with Gasteiger partial charge in [0.15, 0.2) is 6.23 Å². The monoisotopic (exact) mass is 165 g/mol. The van der Waals surface area contributed by atoms with E-state index >= 15 is 0 Å². The highest BCUT2D eigenvalue weighted by molar-refractivity contribution is 5.23. The number of rotatable bonds is 1. The van der Waals surface area contributed by atoms with Crippen LogP contribution in [0.2, 0.25) is 0 Å². The number of hydrogen-bond acceptors (Lipinski definition) is 2. The van der Waals surface area contributed by atoms with Gasteiger partial charge in [0.25, 0.3) is 0 Å². The van der Waals surface area contributed by atoms with Gasteiger partial charge in [0.2, 0.25) is 0 Å². The van der Waals surface area contributed by atoms with Crippen LogP contribution in [0.1, 0.15) is 20.8 Å². The summed E-state index contributed by atoms with van der Waals surface area (Å²) in [7, 11) is 0. The zero-order valence-electron chi connectivity index (χ0n) is 7.82. The molecule has 2 rings (SSSR count). The lowest BCUT2D eigenvalue weighted by Gasteiger charge is -2.21. The van der Waals surface area contributed by atoms with E-state index in [0.29, 0.717) is 18.4 Å². The molecule has 2 heterocycles. The Morgan fingerprint density at radius 1 is 1.50 bits per heavy atom. The van der Waals surface area contributed by atoms with Crippen molar-refractivity contribution in [1.29, 1.82) is 0 Å². The molecule has 0 bridgehead atoms. The van der Waals surface area contributed by atoms with E-state index in [9.17, 15) is 0 Å². The maximum absolute atomic E-state index is 5.55. The van der Waals surface area contributed by atoms with Gasteiger partial charge in [-0.15, -0.1) is 0 Å². The Kier molecular flexibility index (Phi) is 1.72. The van der Waals surface area contributed by atoms with Crippen LogP contribution in [-0.4, -0.2) is 23.3 Å². The lowest BCUT2D eigenvalue weighted by atomic mass is 10.2. The van der Waals surface area contributed by atoms with Crippen LogP contribution >= 0.6 is 0 Å². The summed E-state index contributed by atoms with van der Waals surface area (Å²) in [5, 5.41) is 0. The van der Waals surface area contributed by atoms with Crippen LogP contribution in [0.3, 0.4) is 0 Å². The molecular formula is C10H15NO. The summed E-state index contributed by atoms with van der Waals surface area (Å²) in [6.45, 7) is 6.49. The van der Waals surface area contributed by atoms with E-state index in [1.807, 2.05) is 0 Å². The van der Waals surface area contributed by atoms with E-state index in [4.69, 9.17) is 4.74 Å². The molecule has 2 aliphatic rings. The Morgan fingerprint density at radius 2 is 2.25 bits per heavy atom. The maximum Gasteiger partial charge on any atom is 0.161 e. The normalized spacial score (nSPS) is 33.0. The number of allylic oxidation sites excluding steroid dienone is 2. The number of nitrogens with zero attached hydrogens (tertiary/aromatic N) is 1. The molecule has 1 saturated heterocycles. The van der Waals surface area contributed by atoms with Crippen molar-refractivity contribution in [3.63, 3.8) is 0 Å². The summed E-state index contributed by atoms with van der Waals surface area (Å²) in [4.78, 5) is 2.26. The molecule has 0 spiro atoms. The lowest BCUT2D eigenvalue weighted by Crippen LogP contribution is -2.29. The third-order valence-corrected chi connectivity index (χ3v) is 2.42. The Balaban J connectivity index is 2.15. The van der Waals surface area contributed by atoms with Crippen molar-refractivity contribution < 1.29 is 4.74 Å². The quantitative estimate of drug-likeness (QED) is 0.551. The fourth-order valence-electron chi connectivity index (χ4n) is 1.60. The maximum atomic E-state index is 5.55. The fraction of sp³-hybridized carbons (Fsp3) is 0.600. The Hall–Kier alpha value is -0.760. The minimum absolute atomic E-state index is 0.306.